The number of anilines is 1. The first kappa shape index (κ1) is 22.5. The number of rotatable bonds is 3. The van der Waals surface area contributed by atoms with Crippen LogP contribution in [0.3, 0.4) is 0 Å². The number of fused-ring (bicyclic) bond motifs is 1. The first-order valence-corrected chi connectivity index (χ1v) is 9.57. The molecule has 6 nitrogen and oxygen atoms in total. The van der Waals surface area contributed by atoms with Crippen LogP contribution in [0.4, 0.5) is 36.8 Å². The fourth-order valence-corrected chi connectivity index (χ4v) is 3.51. The van der Waals surface area contributed by atoms with Gasteiger partial charge in [0.1, 0.15) is 5.75 Å². The molecule has 1 N–H and O–H groups in total. The Bertz CT molecular complexity index is 1170. The normalized spacial score (nSPS) is 15.8. The SMILES string of the molecule is C[C@H]1Cc2noc(-c3ccc(OC(F)(F)F)cc3)c2CN1C(=O)Nc1cc(F)c(F)c(F)c1. The topological polar surface area (TPSA) is 67.6 Å². The third-order valence-electron chi connectivity index (χ3n) is 5.06. The standard InChI is InChI=1S/C21H15F6N3O3/c1-10-6-17-14(9-30(10)20(31)28-12-7-15(22)18(24)16(23)8-12)19(33-29-17)11-2-4-13(5-3-11)32-21(25,26)27/h2-5,7-8,10H,6,9H2,1H3,(H,28,31)/t10-/m0/s1. The van der Waals surface area contributed by atoms with Crippen LogP contribution >= 0.6 is 0 Å². The highest BCUT2D eigenvalue weighted by atomic mass is 19.4. The maximum Gasteiger partial charge on any atom is 0.573 e. The maximum absolute atomic E-state index is 13.5. The molecular formula is C21H15F6N3O3. The van der Waals surface area contributed by atoms with E-state index < -0.39 is 35.6 Å². The summed E-state index contributed by atoms with van der Waals surface area (Å²) in [4.78, 5) is 14.1. The molecule has 0 saturated heterocycles. The number of aromatic nitrogens is 1. The van der Waals surface area contributed by atoms with E-state index in [1.807, 2.05) is 0 Å². The molecule has 0 saturated carbocycles. The molecule has 2 amide bonds. The molecule has 0 radical (unpaired) electrons. The van der Waals surface area contributed by atoms with Crippen molar-refractivity contribution < 1.29 is 40.4 Å². The van der Waals surface area contributed by atoms with Crippen molar-refractivity contribution in [3.8, 4) is 17.1 Å². The van der Waals surface area contributed by atoms with Crippen LogP contribution in [0.15, 0.2) is 40.9 Å². The molecule has 1 aliphatic rings. The summed E-state index contributed by atoms with van der Waals surface area (Å²) in [5, 5.41) is 6.32. The molecule has 2 aromatic carbocycles. The predicted molar refractivity (Wildman–Crippen MR) is 103 cm³/mol. The number of halogens is 6. The summed E-state index contributed by atoms with van der Waals surface area (Å²) in [6.45, 7) is 1.74. The fraction of sp³-hybridized carbons (Fsp3) is 0.238. The minimum absolute atomic E-state index is 0.00806. The summed E-state index contributed by atoms with van der Waals surface area (Å²) in [6, 6.07) is 5.20. The molecule has 33 heavy (non-hydrogen) atoms. The lowest BCUT2D eigenvalue weighted by molar-refractivity contribution is -0.274. The van der Waals surface area contributed by atoms with E-state index in [1.54, 1.807) is 6.92 Å². The van der Waals surface area contributed by atoms with Gasteiger partial charge < -0.3 is 19.5 Å². The second-order valence-electron chi connectivity index (χ2n) is 7.37. The lowest BCUT2D eigenvalue weighted by Gasteiger charge is -2.32. The van der Waals surface area contributed by atoms with Crippen molar-refractivity contribution in [2.75, 3.05) is 5.32 Å². The Hall–Kier alpha value is -3.70. The van der Waals surface area contributed by atoms with Crippen molar-refractivity contribution in [2.24, 2.45) is 0 Å². The average molecular weight is 471 g/mol. The lowest BCUT2D eigenvalue weighted by atomic mass is 9.97. The van der Waals surface area contributed by atoms with Crippen LogP contribution in [0.1, 0.15) is 18.2 Å². The molecule has 0 bridgehead atoms. The zero-order valence-electron chi connectivity index (χ0n) is 16.8. The van der Waals surface area contributed by atoms with Gasteiger partial charge in [0.25, 0.3) is 0 Å². The zero-order chi connectivity index (χ0) is 23.9. The minimum atomic E-state index is -4.83. The van der Waals surface area contributed by atoms with Crippen LogP contribution in [0.5, 0.6) is 5.75 Å². The molecule has 1 atom stereocenters. The number of hydrogen-bond acceptors (Lipinski definition) is 4. The number of amides is 2. The van der Waals surface area contributed by atoms with E-state index in [2.05, 4.69) is 15.2 Å². The van der Waals surface area contributed by atoms with E-state index in [1.165, 1.54) is 17.0 Å². The Morgan fingerprint density at radius 2 is 1.79 bits per heavy atom. The van der Waals surface area contributed by atoms with Gasteiger partial charge in [-0.1, -0.05) is 5.16 Å². The Morgan fingerprint density at radius 3 is 2.39 bits per heavy atom. The molecule has 1 aliphatic heterocycles. The van der Waals surface area contributed by atoms with E-state index >= 15 is 0 Å². The molecule has 4 rings (SSSR count). The molecule has 0 aliphatic carbocycles. The van der Waals surface area contributed by atoms with Crippen molar-refractivity contribution in [1.29, 1.82) is 0 Å². The van der Waals surface area contributed by atoms with Gasteiger partial charge in [0.05, 0.1) is 12.2 Å². The van der Waals surface area contributed by atoms with Gasteiger partial charge in [0, 0.05) is 41.4 Å². The van der Waals surface area contributed by atoms with Crippen molar-refractivity contribution >= 4 is 11.7 Å². The van der Waals surface area contributed by atoms with Gasteiger partial charge in [-0.25, -0.2) is 18.0 Å². The number of hydrogen-bond donors (Lipinski definition) is 1. The smallest absolute Gasteiger partial charge is 0.406 e. The monoisotopic (exact) mass is 471 g/mol. The Labute approximate surface area is 182 Å². The molecule has 0 unspecified atom stereocenters. The third kappa shape index (κ3) is 4.73. The summed E-state index contributed by atoms with van der Waals surface area (Å²) < 4.78 is 86.4. The van der Waals surface area contributed by atoms with Crippen LogP contribution in [0, 0.1) is 17.5 Å². The minimum Gasteiger partial charge on any atom is -0.406 e. The van der Waals surface area contributed by atoms with Gasteiger partial charge in [0.15, 0.2) is 23.2 Å². The van der Waals surface area contributed by atoms with Crippen molar-refractivity contribution in [2.45, 2.75) is 32.3 Å². The largest absolute Gasteiger partial charge is 0.573 e. The average Bonchev–Trinajstić information content (AvgIpc) is 3.13. The Morgan fingerprint density at radius 1 is 1.15 bits per heavy atom. The number of benzene rings is 2. The molecular weight excluding hydrogens is 456 g/mol. The molecule has 12 heteroatoms. The van der Waals surface area contributed by atoms with Crippen molar-refractivity contribution in [3.05, 3.63) is 65.1 Å². The predicted octanol–water partition coefficient (Wildman–Crippen LogP) is 5.64. The van der Waals surface area contributed by atoms with E-state index in [9.17, 15) is 31.1 Å². The molecule has 0 fully saturated rings. The molecule has 174 valence electrons. The van der Waals surface area contributed by atoms with Gasteiger partial charge in [-0.15, -0.1) is 13.2 Å². The second kappa shape index (κ2) is 8.34. The lowest BCUT2D eigenvalue weighted by Crippen LogP contribution is -2.44. The van der Waals surface area contributed by atoms with Crippen LogP contribution < -0.4 is 10.1 Å². The summed E-state index contributed by atoms with van der Waals surface area (Å²) in [5.74, 6) is -4.69. The number of carbonyl (C=O) groups is 1. The summed E-state index contributed by atoms with van der Waals surface area (Å²) in [7, 11) is 0. The number of nitrogens with zero attached hydrogens (tertiary/aromatic N) is 2. The van der Waals surface area contributed by atoms with E-state index in [0.29, 0.717) is 35.4 Å². The van der Waals surface area contributed by atoms with Gasteiger partial charge in [-0.2, -0.15) is 0 Å². The number of urea groups is 1. The number of alkyl halides is 3. The number of nitrogens with one attached hydrogen (secondary N) is 1. The highest BCUT2D eigenvalue weighted by Gasteiger charge is 2.33. The molecule has 0 spiro atoms. The zero-order valence-corrected chi connectivity index (χ0v) is 16.8. The summed E-state index contributed by atoms with van der Waals surface area (Å²) in [6.07, 6.45) is -4.53. The van der Waals surface area contributed by atoms with E-state index in [4.69, 9.17) is 4.52 Å². The van der Waals surface area contributed by atoms with Gasteiger partial charge in [-0.3, -0.25) is 0 Å². The van der Waals surface area contributed by atoms with Gasteiger partial charge in [0.2, 0.25) is 0 Å². The maximum atomic E-state index is 13.5. The molecule has 1 aromatic heterocycles. The van der Waals surface area contributed by atoms with Gasteiger partial charge in [-0.05, 0) is 31.2 Å². The summed E-state index contributed by atoms with van der Waals surface area (Å²) in [5.41, 5.74) is 1.25. The highest BCUT2D eigenvalue weighted by Crippen LogP contribution is 2.34. The number of carbonyl (C=O) groups excluding carboxylic acids is 1. The van der Waals surface area contributed by atoms with Crippen molar-refractivity contribution in [1.82, 2.24) is 10.1 Å². The van der Waals surface area contributed by atoms with E-state index in [-0.39, 0.29) is 24.0 Å². The van der Waals surface area contributed by atoms with Crippen molar-refractivity contribution in [3.63, 3.8) is 0 Å². The first-order valence-electron chi connectivity index (χ1n) is 9.57. The first-order chi connectivity index (χ1) is 15.5. The Balaban J connectivity index is 1.55. The molecule has 2 heterocycles. The second-order valence-corrected chi connectivity index (χ2v) is 7.37. The molecule has 3 aromatic rings. The van der Waals surface area contributed by atoms with Crippen LogP contribution in [0.2, 0.25) is 0 Å². The Kier molecular flexibility index (Phi) is 5.68. The summed E-state index contributed by atoms with van der Waals surface area (Å²) >= 11 is 0. The van der Waals surface area contributed by atoms with E-state index in [0.717, 1.165) is 12.1 Å². The third-order valence-corrected chi connectivity index (χ3v) is 5.06. The van der Waals surface area contributed by atoms with Gasteiger partial charge >= 0.3 is 12.4 Å². The highest BCUT2D eigenvalue weighted by molar-refractivity contribution is 5.90. The van der Waals surface area contributed by atoms with Crippen LogP contribution in [-0.4, -0.2) is 28.5 Å². The van der Waals surface area contributed by atoms with Crippen LogP contribution in [0.25, 0.3) is 11.3 Å². The van der Waals surface area contributed by atoms with Crippen LogP contribution in [-0.2, 0) is 13.0 Å². The number of ether oxygens (including phenoxy) is 1. The quantitative estimate of drug-likeness (QED) is 0.397. The fourth-order valence-electron chi connectivity index (χ4n) is 3.51.